The minimum Gasteiger partial charge on any atom is -0.424 e. The van der Waals surface area contributed by atoms with Crippen molar-refractivity contribution in [2.45, 2.75) is 27.3 Å². The van der Waals surface area contributed by atoms with Crippen LogP contribution in [0, 0.1) is 20.8 Å². The summed E-state index contributed by atoms with van der Waals surface area (Å²) in [5, 5.41) is 0. The first-order valence-electron chi connectivity index (χ1n) is 5.88. The van der Waals surface area contributed by atoms with E-state index in [1.54, 1.807) is 0 Å². The molecule has 0 amide bonds. The quantitative estimate of drug-likeness (QED) is 0.900. The number of hydrogen-bond acceptors (Lipinski definition) is 4. The van der Waals surface area contributed by atoms with Crippen molar-refractivity contribution in [2.75, 3.05) is 0 Å². The number of aromatic nitrogens is 2. The van der Waals surface area contributed by atoms with Crippen molar-refractivity contribution in [3.63, 3.8) is 0 Å². The zero-order chi connectivity index (χ0) is 13.1. The zero-order valence-corrected chi connectivity index (χ0v) is 10.9. The van der Waals surface area contributed by atoms with Gasteiger partial charge in [0.25, 0.3) is 0 Å². The third-order valence-electron chi connectivity index (χ3n) is 2.64. The van der Waals surface area contributed by atoms with E-state index in [-0.39, 0.29) is 0 Å². The van der Waals surface area contributed by atoms with E-state index in [9.17, 15) is 0 Å². The lowest BCUT2D eigenvalue weighted by Gasteiger charge is -2.09. The van der Waals surface area contributed by atoms with E-state index in [0.717, 1.165) is 28.3 Å². The topological polar surface area (TPSA) is 61.0 Å². The molecule has 0 atom stereocenters. The summed E-state index contributed by atoms with van der Waals surface area (Å²) in [4.78, 5) is 8.52. The Morgan fingerprint density at radius 3 is 2.61 bits per heavy atom. The van der Waals surface area contributed by atoms with Crippen LogP contribution < -0.4 is 10.5 Å². The van der Waals surface area contributed by atoms with E-state index in [1.165, 1.54) is 0 Å². The minimum atomic E-state index is 0.351. The lowest BCUT2D eigenvalue weighted by Crippen LogP contribution is -2.04. The molecule has 0 saturated heterocycles. The van der Waals surface area contributed by atoms with Gasteiger partial charge in [0, 0.05) is 12.2 Å². The molecule has 1 aromatic carbocycles. The Hall–Kier alpha value is -1.94. The normalized spacial score (nSPS) is 10.4. The summed E-state index contributed by atoms with van der Waals surface area (Å²) in [7, 11) is 0. The van der Waals surface area contributed by atoms with Gasteiger partial charge in [0.1, 0.15) is 5.75 Å². The summed E-state index contributed by atoms with van der Waals surface area (Å²) in [6.07, 6.45) is 0. The molecule has 1 heterocycles. The maximum absolute atomic E-state index is 5.74. The molecule has 0 aliphatic rings. The van der Waals surface area contributed by atoms with Crippen molar-refractivity contribution < 1.29 is 4.74 Å². The molecular formula is C14H17N3O. The first-order valence-corrected chi connectivity index (χ1v) is 5.88. The summed E-state index contributed by atoms with van der Waals surface area (Å²) < 4.78 is 5.74. The van der Waals surface area contributed by atoms with Gasteiger partial charge >= 0.3 is 6.01 Å². The van der Waals surface area contributed by atoms with Crippen molar-refractivity contribution in [3.05, 3.63) is 46.8 Å². The van der Waals surface area contributed by atoms with Crippen LogP contribution in [0.1, 0.15) is 22.5 Å². The van der Waals surface area contributed by atoms with Gasteiger partial charge in [-0.3, -0.25) is 0 Å². The molecule has 0 bridgehead atoms. The molecule has 0 radical (unpaired) electrons. The lowest BCUT2D eigenvalue weighted by atomic mass is 10.1. The maximum atomic E-state index is 5.74. The van der Waals surface area contributed by atoms with Crippen LogP contribution in [-0.2, 0) is 6.54 Å². The summed E-state index contributed by atoms with van der Waals surface area (Å²) in [5.74, 6) is 0.781. The Kier molecular flexibility index (Phi) is 3.58. The van der Waals surface area contributed by atoms with E-state index in [1.807, 2.05) is 45.0 Å². The lowest BCUT2D eigenvalue weighted by molar-refractivity contribution is 0.434. The van der Waals surface area contributed by atoms with Crippen molar-refractivity contribution in [1.29, 1.82) is 0 Å². The molecule has 18 heavy (non-hydrogen) atoms. The van der Waals surface area contributed by atoms with Crippen LogP contribution in [0.2, 0.25) is 0 Å². The number of nitrogens with zero attached hydrogens (tertiary/aromatic N) is 2. The highest BCUT2D eigenvalue weighted by Crippen LogP contribution is 2.23. The van der Waals surface area contributed by atoms with Crippen LogP contribution in [0.25, 0.3) is 0 Å². The molecule has 4 nitrogen and oxygen atoms in total. The molecule has 2 rings (SSSR count). The van der Waals surface area contributed by atoms with Gasteiger partial charge in [-0.05, 0) is 44.0 Å². The Morgan fingerprint density at radius 2 is 1.89 bits per heavy atom. The van der Waals surface area contributed by atoms with Gasteiger partial charge in [-0.15, -0.1) is 0 Å². The largest absolute Gasteiger partial charge is 0.424 e. The average Bonchev–Trinajstić information content (AvgIpc) is 2.33. The van der Waals surface area contributed by atoms with Gasteiger partial charge in [-0.1, -0.05) is 12.1 Å². The second-order valence-electron chi connectivity index (χ2n) is 4.36. The Bertz CT molecular complexity index is 567. The molecule has 2 aromatic rings. The van der Waals surface area contributed by atoms with Crippen LogP contribution in [0.3, 0.4) is 0 Å². The van der Waals surface area contributed by atoms with Crippen molar-refractivity contribution in [1.82, 2.24) is 9.97 Å². The highest BCUT2D eigenvalue weighted by molar-refractivity contribution is 5.37. The van der Waals surface area contributed by atoms with Crippen LogP contribution in [0.5, 0.6) is 11.8 Å². The van der Waals surface area contributed by atoms with Crippen LogP contribution in [0.15, 0.2) is 24.3 Å². The first kappa shape index (κ1) is 12.5. The summed E-state index contributed by atoms with van der Waals surface area (Å²) in [6.45, 7) is 6.30. The average molecular weight is 243 g/mol. The third-order valence-corrected chi connectivity index (χ3v) is 2.64. The van der Waals surface area contributed by atoms with Gasteiger partial charge in [0.05, 0.1) is 5.69 Å². The van der Waals surface area contributed by atoms with Crippen LogP contribution in [-0.4, -0.2) is 9.97 Å². The second-order valence-corrected chi connectivity index (χ2v) is 4.36. The van der Waals surface area contributed by atoms with Gasteiger partial charge in [-0.25, -0.2) is 4.98 Å². The Labute approximate surface area is 107 Å². The van der Waals surface area contributed by atoms with E-state index >= 15 is 0 Å². The molecule has 94 valence electrons. The number of ether oxygens (including phenoxy) is 1. The van der Waals surface area contributed by atoms with Gasteiger partial charge < -0.3 is 10.5 Å². The van der Waals surface area contributed by atoms with E-state index in [4.69, 9.17) is 10.5 Å². The number of nitrogens with two attached hydrogens (primary N) is 1. The van der Waals surface area contributed by atoms with Crippen LogP contribution >= 0.6 is 0 Å². The predicted octanol–water partition coefficient (Wildman–Crippen LogP) is 2.65. The third kappa shape index (κ3) is 2.84. The molecule has 0 aliphatic carbocycles. The highest BCUT2D eigenvalue weighted by Gasteiger charge is 2.06. The summed E-state index contributed by atoms with van der Waals surface area (Å²) >= 11 is 0. The van der Waals surface area contributed by atoms with E-state index in [2.05, 4.69) is 9.97 Å². The van der Waals surface area contributed by atoms with E-state index < -0.39 is 0 Å². The zero-order valence-electron chi connectivity index (χ0n) is 10.9. The molecule has 0 fully saturated rings. The monoisotopic (exact) mass is 243 g/mol. The Morgan fingerprint density at radius 1 is 1.11 bits per heavy atom. The predicted molar refractivity (Wildman–Crippen MR) is 70.7 cm³/mol. The molecule has 1 aromatic heterocycles. The van der Waals surface area contributed by atoms with E-state index in [0.29, 0.717) is 12.6 Å². The van der Waals surface area contributed by atoms with Crippen molar-refractivity contribution in [2.24, 2.45) is 5.73 Å². The molecule has 0 spiro atoms. The summed E-state index contributed by atoms with van der Waals surface area (Å²) in [5.41, 5.74) is 9.42. The molecule has 4 heteroatoms. The fraction of sp³-hybridized carbons (Fsp3) is 0.286. The molecular weight excluding hydrogens is 226 g/mol. The van der Waals surface area contributed by atoms with Gasteiger partial charge in [-0.2, -0.15) is 4.98 Å². The SMILES string of the molecule is Cc1ccc(C)c(Oc2nc(C)cc(CN)n2)c1. The smallest absolute Gasteiger partial charge is 0.322 e. The molecule has 0 aliphatic heterocycles. The highest BCUT2D eigenvalue weighted by atomic mass is 16.5. The number of rotatable bonds is 3. The maximum Gasteiger partial charge on any atom is 0.322 e. The number of hydrogen-bond donors (Lipinski definition) is 1. The van der Waals surface area contributed by atoms with Gasteiger partial charge in [0.2, 0.25) is 0 Å². The first-order chi connectivity index (χ1) is 8.58. The van der Waals surface area contributed by atoms with Crippen LogP contribution in [0.4, 0.5) is 0 Å². The fourth-order valence-electron chi connectivity index (χ4n) is 1.67. The van der Waals surface area contributed by atoms with Crippen molar-refractivity contribution >= 4 is 0 Å². The molecule has 0 unspecified atom stereocenters. The van der Waals surface area contributed by atoms with Crippen molar-refractivity contribution in [3.8, 4) is 11.8 Å². The second kappa shape index (κ2) is 5.14. The molecule has 0 saturated carbocycles. The molecule has 2 N–H and O–H groups in total. The number of benzene rings is 1. The summed E-state index contributed by atoms with van der Waals surface area (Å²) in [6, 6.07) is 8.25. The number of aryl methyl sites for hydroxylation is 3. The standard InChI is InChI=1S/C14H17N3O/c1-9-4-5-10(2)13(6-9)18-14-16-11(3)7-12(8-15)17-14/h4-7H,8,15H2,1-3H3. The minimum absolute atomic E-state index is 0.351. The fourth-order valence-corrected chi connectivity index (χ4v) is 1.67. The Balaban J connectivity index is 2.33. The van der Waals surface area contributed by atoms with Gasteiger partial charge in [0.15, 0.2) is 0 Å².